The zero-order valence-electron chi connectivity index (χ0n) is 18.1. The van der Waals surface area contributed by atoms with Gasteiger partial charge in [0.1, 0.15) is 5.78 Å². The molecule has 4 rings (SSSR count). The predicted octanol–water partition coefficient (Wildman–Crippen LogP) is 4.51. The molecule has 0 aromatic heterocycles. The first kappa shape index (κ1) is 21.1. The van der Waals surface area contributed by atoms with E-state index in [1.54, 1.807) is 12.3 Å². The van der Waals surface area contributed by atoms with Gasteiger partial charge in [-0.3, -0.25) is 14.6 Å². The summed E-state index contributed by atoms with van der Waals surface area (Å²) in [7, 11) is 1.52. The van der Waals surface area contributed by atoms with Crippen LogP contribution in [0, 0.1) is 0 Å². The molecule has 3 aliphatic rings. The Balaban J connectivity index is 1.61. The number of benzene rings is 1. The number of hydrogen-bond acceptors (Lipinski definition) is 6. The second-order valence-corrected chi connectivity index (χ2v) is 8.22. The number of ether oxygens (including phenoxy) is 1. The van der Waals surface area contributed by atoms with E-state index in [2.05, 4.69) is 11.9 Å². The van der Waals surface area contributed by atoms with E-state index in [0.29, 0.717) is 42.8 Å². The van der Waals surface area contributed by atoms with Crippen molar-refractivity contribution in [2.45, 2.75) is 51.9 Å². The number of ketones is 2. The van der Waals surface area contributed by atoms with Gasteiger partial charge in [-0.1, -0.05) is 19.8 Å². The largest absolute Gasteiger partial charge is 0.503 e. The summed E-state index contributed by atoms with van der Waals surface area (Å²) in [6.45, 7) is 2.72. The number of methoxy groups -OCH3 is 1. The molecule has 1 aromatic rings. The average molecular weight is 421 g/mol. The number of hydrogen-bond donors (Lipinski definition) is 1. The van der Waals surface area contributed by atoms with E-state index in [4.69, 9.17) is 4.74 Å². The third-order valence-corrected chi connectivity index (χ3v) is 6.07. The van der Waals surface area contributed by atoms with Crippen molar-refractivity contribution in [1.82, 2.24) is 0 Å². The lowest BCUT2D eigenvalue weighted by Crippen LogP contribution is -2.19. The standard InChI is InChI=1S/C25H28N2O4/c1-3-4-5-6-19(28)13-22(29)16-7-8-20-18(11-16)12-23(31-2)25(30)24(20)27-14-17-9-10-26-21(17)15-27/h9-12,15,30H,3-8,13-14H2,1-2H3. The second kappa shape index (κ2) is 8.92. The number of allylic oxidation sites excluding steroid dienone is 2. The monoisotopic (exact) mass is 420 g/mol. The lowest BCUT2D eigenvalue weighted by Gasteiger charge is -2.26. The van der Waals surface area contributed by atoms with Gasteiger partial charge in [-0.2, -0.15) is 0 Å². The molecule has 0 saturated carbocycles. The van der Waals surface area contributed by atoms with Gasteiger partial charge in [0, 0.05) is 24.4 Å². The Labute approximate surface area is 182 Å². The van der Waals surface area contributed by atoms with E-state index in [1.165, 1.54) is 7.11 Å². The molecule has 0 spiro atoms. The van der Waals surface area contributed by atoms with Gasteiger partial charge in [-0.05, 0) is 54.2 Å². The first-order chi connectivity index (χ1) is 15.0. The third-order valence-electron chi connectivity index (χ3n) is 6.07. The molecule has 0 atom stereocenters. The molecule has 0 saturated heterocycles. The molecule has 0 bridgehead atoms. The van der Waals surface area contributed by atoms with Crippen molar-refractivity contribution >= 4 is 29.5 Å². The number of rotatable bonds is 9. The topological polar surface area (TPSA) is 79.2 Å². The first-order valence-electron chi connectivity index (χ1n) is 10.9. The molecule has 0 amide bonds. The number of nitrogens with zero attached hydrogens (tertiary/aromatic N) is 2. The zero-order valence-corrected chi connectivity index (χ0v) is 18.1. The van der Waals surface area contributed by atoms with Crippen LogP contribution < -0.4 is 9.64 Å². The Morgan fingerprint density at radius 3 is 2.84 bits per heavy atom. The smallest absolute Gasteiger partial charge is 0.182 e. The Morgan fingerprint density at radius 2 is 2.10 bits per heavy atom. The SMILES string of the molecule is CCCCCC(=O)CC(=O)C1=Cc2cc(OC)c(O)c(N3C=C4N=CC=C4C3)c2CC1. The number of phenols is 1. The van der Waals surface area contributed by atoms with Gasteiger partial charge in [0.15, 0.2) is 17.3 Å². The maximum Gasteiger partial charge on any atom is 0.182 e. The summed E-state index contributed by atoms with van der Waals surface area (Å²) in [4.78, 5) is 31.2. The summed E-state index contributed by atoms with van der Waals surface area (Å²) < 4.78 is 5.41. The van der Waals surface area contributed by atoms with Crippen LogP contribution in [0.5, 0.6) is 11.5 Å². The summed E-state index contributed by atoms with van der Waals surface area (Å²) in [6, 6.07) is 1.77. The molecule has 1 N–H and O–H groups in total. The van der Waals surface area contributed by atoms with Gasteiger partial charge in [0.05, 0.1) is 31.5 Å². The fourth-order valence-electron chi connectivity index (χ4n) is 4.39. The molecule has 2 heterocycles. The van der Waals surface area contributed by atoms with Gasteiger partial charge in [-0.15, -0.1) is 0 Å². The minimum Gasteiger partial charge on any atom is -0.503 e. The molecular weight excluding hydrogens is 392 g/mol. The highest BCUT2D eigenvalue weighted by Gasteiger charge is 2.30. The number of fused-ring (bicyclic) bond motifs is 2. The highest BCUT2D eigenvalue weighted by atomic mass is 16.5. The molecule has 0 fully saturated rings. The lowest BCUT2D eigenvalue weighted by molar-refractivity contribution is -0.125. The zero-order chi connectivity index (χ0) is 22.0. The molecule has 6 nitrogen and oxygen atoms in total. The number of aromatic hydroxyl groups is 1. The van der Waals surface area contributed by atoms with Gasteiger partial charge >= 0.3 is 0 Å². The summed E-state index contributed by atoms with van der Waals surface area (Å²) in [5, 5.41) is 10.9. The Bertz CT molecular complexity index is 1050. The van der Waals surface area contributed by atoms with E-state index in [-0.39, 0.29) is 23.7 Å². The number of phenolic OH excluding ortho intramolecular Hbond substituents is 1. The lowest BCUT2D eigenvalue weighted by atomic mass is 9.87. The fourth-order valence-corrected chi connectivity index (χ4v) is 4.39. The van der Waals surface area contributed by atoms with Gasteiger partial charge in [0.25, 0.3) is 0 Å². The van der Waals surface area contributed by atoms with Crippen LogP contribution in [0.15, 0.2) is 40.2 Å². The van der Waals surface area contributed by atoms with Crippen molar-refractivity contribution in [3.63, 3.8) is 0 Å². The average Bonchev–Trinajstić information content (AvgIpc) is 3.35. The number of carbonyl (C=O) groups excluding carboxylic acids is 2. The molecule has 1 aromatic carbocycles. The van der Waals surface area contributed by atoms with E-state index < -0.39 is 0 Å². The predicted molar refractivity (Wildman–Crippen MR) is 122 cm³/mol. The van der Waals surface area contributed by atoms with Crippen LogP contribution in [-0.4, -0.2) is 36.5 Å². The maximum absolute atomic E-state index is 12.7. The highest BCUT2D eigenvalue weighted by Crippen LogP contribution is 2.46. The van der Waals surface area contributed by atoms with Gasteiger partial charge in [0.2, 0.25) is 0 Å². The van der Waals surface area contributed by atoms with Crippen LogP contribution in [0.3, 0.4) is 0 Å². The molecule has 6 heteroatoms. The van der Waals surface area contributed by atoms with Crippen molar-refractivity contribution in [1.29, 1.82) is 0 Å². The van der Waals surface area contributed by atoms with Crippen LogP contribution in [0.4, 0.5) is 5.69 Å². The molecule has 0 radical (unpaired) electrons. The first-order valence-corrected chi connectivity index (χ1v) is 10.9. The number of carbonyl (C=O) groups is 2. The third kappa shape index (κ3) is 4.20. The van der Waals surface area contributed by atoms with E-state index in [0.717, 1.165) is 41.7 Å². The van der Waals surface area contributed by atoms with Gasteiger partial charge in [-0.25, -0.2) is 0 Å². The van der Waals surface area contributed by atoms with Crippen molar-refractivity contribution in [2.24, 2.45) is 4.99 Å². The second-order valence-electron chi connectivity index (χ2n) is 8.22. The molecule has 0 unspecified atom stereocenters. The molecule has 162 valence electrons. The van der Waals surface area contributed by atoms with Crippen molar-refractivity contribution in [3.8, 4) is 11.5 Å². The number of Topliss-reactive ketones (excluding diaryl/α,β-unsaturated/α-hetero) is 2. The van der Waals surface area contributed by atoms with Crippen LogP contribution in [0.1, 0.15) is 56.6 Å². The summed E-state index contributed by atoms with van der Waals surface area (Å²) >= 11 is 0. The van der Waals surface area contributed by atoms with Crippen molar-refractivity contribution in [3.05, 3.63) is 46.3 Å². The number of unbranched alkanes of at least 4 members (excludes halogenated alkanes) is 2. The Hall–Kier alpha value is -3.15. The fraction of sp³-hybridized carbons (Fsp3) is 0.400. The minimum absolute atomic E-state index is 0.0122. The number of aliphatic imine (C=N–C) groups is 1. The summed E-state index contributed by atoms with van der Waals surface area (Å²) in [6.07, 6.45) is 12.1. The van der Waals surface area contributed by atoms with E-state index >= 15 is 0 Å². The summed E-state index contributed by atoms with van der Waals surface area (Å²) in [5.41, 5.74) is 5.21. The molecule has 1 aliphatic carbocycles. The Kier molecular flexibility index (Phi) is 6.07. The number of anilines is 1. The van der Waals surface area contributed by atoms with E-state index in [9.17, 15) is 14.7 Å². The van der Waals surface area contributed by atoms with Crippen LogP contribution in [0.25, 0.3) is 6.08 Å². The summed E-state index contributed by atoms with van der Waals surface area (Å²) in [5.74, 6) is 0.371. The molecule has 2 aliphatic heterocycles. The van der Waals surface area contributed by atoms with Crippen LogP contribution in [-0.2, 0) is 16.0 Å². The van der Waals surface area contributed by atoms with E-state index in [1.807, 2.05) is 23.3 Å². The normalized spacial score (nSPS) is 16.5. The quantitative estimate of drug-likeness (QED) is 0.470. The highest BCUT2D eigenvalue weighted by molar-refractivity contribution is 6.10. The van der Waals surface area contributed by atoms with Crippen molar-refractivity contribution < 1.29 is 19.4 Å². The van der Waals surface area contributed by atoms with Gasteiger partial charge < -0.3 is 14.7 Å². The van der Waals surface area contributed by atoms with Crippen LogP contribution in [0.2, 0.25) is 0 Å². The molecular formula is C25H28N2O4. The maximum atomic E-state index is 12.7. The molecule has 31 heavy (non-hydrogen) atoms. The van der Waals surface area contributed by atoms with Crippen LogP contribution >= 0.6 is 0 Å². The minimum atomic E-state index is -0.0990. The Morgan fingerprint density at radius 1 is 1.26 bits per heavy atom. The van der Waals surface area contributed by atoms with Crippen molar-refractivity contribution in [2.75, 3.05) is 18.6 Å².